The lowest BCUT2D eigenvalue weighted by Gasteiger charge is -2.30. The molecule has 1 aliphatic carbocycles. The van der Waals surface area contributed by atoms with E-state index in [0.717, 1.165) is 12.8 Å². The molecule has 0 unspecified atom stereocenters. The van der Waals surface area contributed by atoms with Gasteiger partial charge in [-0.3, -0.25) is 0 Å². The van der Waals surface area contributed by atoms with Crippen molar-refractivity contribution >= 4 is 0 Å². The fourth-order valence-corrected chi connectivity index (χ4v) is 2.46. The highest BCUT2D eigenvalue weighted by Crippen LogP contribution is 2.24. The second-order valence-corrected chi connectivity index (χ2v) is 4.75. The van der Waals surface area contributed by atoms with Gasteiger partial charge in [0.05, 0.1) is 6.54 Å². The first-order chi connectivity index (χ1) is 8.83. The van der Waals surface area contributed by atoms with Crippen LogP contribution in [0, 0.1) is 5.92 Å². The van der Waals surface area contributed by atoms with Crippen LogP contribution in [0.1, 0.15) is 37.4 Å². The molecule has 1 aromatic rings. The van der Waals surface area contributed by atoms with E-state index >= 15 is 0 Å². The Bertz CT molecular complexity index is 356. The van der Waals surface area contributed by atoms with Crippen molar-refractivity contribution in [1.29, 1.82) is 0 Å². The van der Waals surface area contributed by atoms with Gasteiger partial charge in [-0.15, -0.1) is 0 Å². The van der Waals surface area contributed by atoms with Gasteiger partial charge in [-0.1, -0.05) is 18.0 Å². The number of methoxy groups -OCH3 is 1. The molecule has 0 aromatic carbocycles. The highest BCUT2D eigenvalue weighted by Gasteiger charge is 2.24. The summed E-state index contributed by atoms with van der Waals surface area (Å²) in [4.78, 5) is 4.21. The maximum atomic E-state index is 9.32. The zero-order valence-corrected chi connectivity index (χ0v) is 10.8. The maximum Gasteiger partial charge on any atom is 0.240 e. The van der Waals surface area contributed by atoms with Crippen LogP contribution in [-0.4, -0.2) is 35.0 Å². The summed E-state index contributed by atoms with van der Waals surface area (Å²) < 4.78 is 10.0. The Balaban J connectivity index is 1.81. The van der Waals surface area contributed by atoms with Gasteiger partial charge in [0.15, 0.2) is 5.82 Å². The first-order valence-electron chi connectivity index (χ1n) is 6.48. The zero-order valence-electron chi connectivity index (χ0n) is 10.8. The van der Waals surface area contributed by atoms with E-state index in [4.69, 9.17) is 9.26 Å². The van der Waals surface area contributed by atoms with Gasteiger partial charge < -0.3 is 19.7 Å². The largest absolute Gasteiger partial charge is 0.396 e. The molecule has 102 valence electrons. The Morgan fingerprint density at radius 2 is 2.28 bits per heavy atom. The summed E-state index contributed by atoms with van der Waals surface area (Å²) in [6, 6.07) is 0.349. The Hall–Kier alpha value is -0.980. The number of aliphatic hydroxyl groups is 1. The summed E-state index contributed by atoms with van der Waals surface area (Å²) >= 11 is 0. The standard InChI is InChI=1S/C12H21N3O3/c1-17-8-11-14-12(18-15-11)6-13-10-5-3-2-4-9(10)7-16/h9-10,13,16H,2-8H2,1H3/t9-,10+/m1/s1. The normalized spacial score (nSPS) is 24.3. The summed E-state index contributed by atoms with van der Waals surface area (Å²) in [6.07, 6.45) is 4.62. The molecule has 0 saturated heterocycles. The number of nitrogens with zero attached hydrogens (tertiary/aromatic N) is 2. The monoisotopic (exact) mass is 255 g/mol. The van der Waals surface area contributed by atoms with Gasteiger partial charge in [0.1, 0.15) is 6.61 Å². The SMILES string of the molecule is COCc1noc(CN[C@H]2CCCC[C@@H]2CO)n1. The molecule has 2 rings (SSSR count). The molecule has 6 heteroatoms. The minimum Gasteiger partial charge on any atom is -0.396 e. The van der Waals surface area contributed by atoms with Gasteiger partial charge >= 0.3 is 0 Å². The van der Waals surface area contributed by atoms with E-state index in [0.29, 0.717) is 36.8 Å². The molecule has 1 fully saturated rings. The zero-order chi connectivity index (χ0) is 12.8. The lowest BCUT2D eigenvalue weighted by atomic mass is 9.85. The molecule has 6 nitrogen and oxygen atoms in total. The van der Waals surface area contributed by atoms with Crippen LogP contribution in [0.25, 0.3) is 0 Å². The van der Waals surface area contributed by atoms with Crippen molar-refractivity contribution in [3.8, 4) is 0 Å². The van der Waals surface area contributed by atoms with E-state index in [2.05, 4.69) is 15.5 Å². The van der Waals surface area contributed by atoms with Gasteiger partial charge in [-0.05, 0) is 18.8 Å². The summed E-state index contributed by atoms with van der Waals surface area (Å²) in [5.74, 6) is 1.49. The van der Waals surface area contributed by atoms with Crippen LogP contribution in [0.3, 0.4) is 0 Å². The number of hydrogen-bond acceptors (Lipinski definition) is 6. The minimum absolute atomic E-state index is 0.246. The Morgan fingerprint density at radius 3 is 3.06 bits per heavy atom. The number of aliphatic hydroxyl groups excluding tert-OH is 1. The average Bonchev–Trinajstić information content (AvgIpc) is 2.85. The van der Waals surface area contributed by atoms with Gasteiger partial charge in [0.2, 0.25) is 5.89 Å². The molecule has 0 spiro atoms. The lowest BCUT2D eigenvalue weighted by molar-refractivity contribution is 0.150. The van der Waals surface area contributed by atoms with Gasteiger partial charge in [-0.2, -0.15) is 4.98 Å². The number of aromatic nitrogens is 2. The molecular weight excluding hydrogens is 234 g/mol. The third-order valence-electron chi connectivity index (χ3n) is 3.44. The Labute approximate surface area is 107 Å². The van der Waals surface area contributed by atoms with E-state index in [1.54, 1.807) is 7.11 Å². The second-order valence-electron chi connectivity index (χ2n) is 4.75. The topological polar surface area (TPSA) is 80.4 Å². The molecule has 1 saturated carbocycles. The summed E-state index contributed by atoms with van der Waals surface area (Å²) in [5, 5.41) is 16.5. The first kappa shape index (κ1) is 13.5. The number of ether oxygens (including phenoxy) is 1. The predicted octanol–water partition coefficient (Wildman–Crippen LogP) is 0.857. The van der Waals surface area contributed by atoms with Crippen LogP contribution in [-0.2, 0) is 17.9 Å². The predicted molar refractivity (Wildman–Crippen MR) is 64.7 cm³/mol. The van der Waals surface area contributed by atoms with Gasteiger partial charge in [0.25, 0.3) is 0 Å². The van der Waals surface area contributed by atoms with Crippen molar-refractivity contribution in [2.75, 3.05) is 13.7 Å². The van der Waals surface area contributed by atoms with Crippen LogP contribution in [0.15, 0.2) is 4.52 Å². The smallest absolute Gasteiger partial charge is 0.240 e. The highest BCUT2D eigenvalue weighted by molar-refractivity contribution is 4.87. The maximum absolute atomic E-state index is 9.32. The van der Waals surface area contributed by atoms with Crippen LogP contribution in [0.2, 0.25) is 0 Å². The Kier molecular flexibility index (Phi) is 5.10. The van der Waals surface area contributed by atoms with Crippen molar-refractivity contribution in [3.05, 3.63) is 11.7 Å². The van der Waals surface area contributed by atoms with Gasteiger partial charge in [0, 0.05) is 19.8 Å². The van der Waals surface area contributed by atoms with Crippen LogP contribution in [0.4, 0.5) is 0 Å². The number of hydrogen-bond donors (Lipinski definition) is 2. The lowest BCUT2D eigenvalue weighted by Crippen LogP contribution is -2.39. The second kappa shape index (κ2) is 6.82. The van der Waals surface area contributed by atoms with Gasteiger partial charge in [-0.25, -0.2) is 0 Å². The van der Waals surface area contributed by atoms with Crippen LogP contribution >= 0.6 is 0 Å². The molecular formula is C12H21N3O3. The molecule has 0 radical (unpaired) electrons. The average molecular weight is 255 g/mol. The Morgan fingerprint density at radius 1 is 1.44 bits per heavy atom. The molecule has 2 atom stereocenters. The molecule has 0 amide bonds. The van der Waals surface area contributed by atoms with E-state index < -0.39 is 0 Å². The number of rotatable bonds is 6. The summed E-state index contributed by atoms with van der Waals surface area (Å²) in [7, 11) is 1.60. The van der Waals surface area contributed by atoms with E-state index in [1.165, 1.54) is 12.8 Å². The summed E-state index contributed by atoms with van der Waals surface area (Å²) in [6.45, 7) is 1.17. The van der Waals surface area contributed by atoms with Crippen molar-refractivity contribution in [2.24, 2.45) is 5.92 Å². The van der Waals surface area contributed by atoms with Crippen molar-refractivity contribution in [3.63, 3.8) is 0 Å². The van der Waals surface area contributed by atoms with Crippen LogP contribution < -0.4 is 5.32 Å². The van der Waals surface area contributed by atoms with E-state index in [1.807, 2.05) is 0 Å². The fraction of sp³-hybridized carbons (Fsp3) is 0.833. The molecule has 1 aromatic heterocycles. The third-order valence-corrected chi connectivity index (χ3v) is 3.44. The summed E-state index contributed by atoms with van der Waals surface area (Å²) in [5.41, 5.74) is 0. The minimum atomic E-state index is 0.246. The molecule has 18 heavy (non-hydrogen) atoms. The molecule has 2 N–H and O–H groups in total. The molecule has 1 heterocycles. The van der Waals surface area contributed by atoms with E-state index in [9.17, 15) is 5.11 Å². The third kappa shape index (κ3) is 3.51. The molecule has 0 aliphatic heterocycles. The highest BCUT2D eigenvalue weighted by atomic mass is 16.5. The fourth-order valence-electron chi connectivity index (χ4n) is 2.46. The quantitative estimate of drug-likeness (QED) is 0.784. The first-order valence-corrected chi connectivity index (χ1v) is 6.48. The van der Waals surface area contributed by atoms with Crippen molar-refractivity contribution < 1.29 is 14.4 Å². The number of nitrogens with one attached hydrogen (secondary N) is 1. The van der Waals surface area contributed by atoms with Crippen LogP contribution in [0.5, 0.6) is 0 Å². The van der Waals surface area contributed by atoms with Crippen molar-refractivity contribution in [1.82, 2.24) is 15.5 Å². The van der Waals surface area contributed by atoms with E-state index in [-0.39, 0.29) is 6.61 Å². The van der Waals surface area contributed by atoms with Crippen molar-refractivity contribution in [2.45, 2.75) is 44.9 Å². The molecule has 1 aliphatic rings. The molecule has 0 bridgehead atoms.